The maximum Gasteiger partial charge on any atom is 0.404 e. The van der Waals surface area contributed by atoms with Gasteiger partial charge in [-0.1, -0.05) is 43.3 Å². The van der Waals surface area contributed by atoms with Crippen molar-refractivity contribution in [2.24, 2.45) is 5.92 Å². The van der Waals surface area contributed by atoms with Crippen LogP contribution in [0.15, 0.2) is 42.5 Å². The summed E-state index contributed by atoms with van der Waals surface area (Å²) in [4.78, 5) is 27.9. The number of nitrogens with zero attached hydrogens (tertiary/aromatic N) is 2. The summed E-state index contributed by atoms with van der Waals surface area (Å²) in [7, 11) is 3.96. The van der Waals surface area contributed by atoms with Gasteiger partial charge in [0.1, 0.15) is 5.82 Å². The topological polar surface area (TPSA) is 93.1 Å². The molecule has 1 aliphatic rings. The van der Waals surface area contributed by atoms with Crippen molar-refractivity contribution in [2.45, 2.75) is 57.5 Å². The van der Waals surface area contributed by atoms with Crippen LogP contribution in [0.3, 0.4) is 0 Å². The highest BCUT2D eigenvalue weighted by Crippen LogP contribution is 2.44. The molecule has 1 saturated heterocycles. The fourth-order valence-corrected chi connectivity index (χ4v) is 5.54. The van der Waals surface area contributed by atoms with Gasteiger partial charge in [0.05, 0.1) is 5.60 Å². The number of rotatable bonds is 12. The van der Waals surface area contributed by atoms with Gasteiger partial charge in [0, 0.05) is 37.5 Å². The zero-order chi connectivity index (χ0) is 27.7. The van der Waals surface area contributed by atoms with E-state index in [1.807, 2.05) is 50.2 Å². The molecule has 1 fully saturated rings. The van der Waals surface area contributed by atoms with Crippen LogP contribution in [0.5, 0.6) is 0 Å². The molecule has 208 valence electrons. The molecule has 0 saturated carbocycles. The highest BCUT2D eigenvalue weighted by molar-refractivity contribution is 5.76. The summed E-state index contributed by atoms with van der Waals surface area (Å²) >= 11 is 0. The molecule has 0 radical (unpaired) electrons. The van der Waals surface area contributed by atoms with Gasteiger partial charge in [-0.05, 0) is 81.9 Å². The molecule has 0 aliphatic carbocycles. The van der Waals surface area contributed by atoms with Gasteiger partial charge in [-0.3, -0.25) is 4.79 Å². The number of aryl methyl sites for hydroxylation is 1. The summed E-state index contributed by atoms with van der Waals surface area (Å²) in [6, 6.07) is 12.5. The summed E-state index contributed by atoms with van der Waals surface area (Å²) in [6.07, 6.45) is 2.94. The minimum atomic E-state index is -1.44. The van der Waals surface area contributed by atoms with Crippen LogP contribution in [0.2, 0.25) is 0 Å². The standard InChI is InChI=1S/C30H42FN3O4/c1-4-22-10-5-11-23(20-22)28-25(13-6-14-26(28)31)30(38,16-9-17-32-29(36)37)24-12-7-19-34(21-24)27(35)15-8-18-33(2)3/h5-6,10-11,13-14,20,24,32,38H,4,7-9,12,15-19,21H2,1-3H3,(H,36,37)/t24-,30+/m1/s1. The molecule has 3 N–H and O–H groups in total. The summed E-state index contributed by atoms with van der Waals surface area (Å²) in [5, 5.41) is 23.8. The molecule has 2 aromatic rings. The van der Waals surface area contributed by atoms with E-state index in [0.717, 1.165) is 31.4 Å². The summed E-state index contributed by atoms with van der Waals surface area (Å²) in [5.74, 6) is -0.652. The molecule has 7 nitrogen and oxygen atoms in total. The maximum absolute atomic E-state index is 15.5. The van der Waals surface area contributed by atoms with Crippen molar-refractivity contribution in [3.63, 3.8) is 0 Å². The van der Waals surface area contributed by atoms with Crippen molar-refractivity contribution in [3.8, 4) is 11.1 Å². The number of carbonyl (C=O) groups excluding carboxylic acids is 1. The lowest BCUT2D eigenvalue weighted by atomic mass is 9.72. The summed E-state index contributed by atoms with van der Waals surface area (Å²) < 4.78 is 15.5. The molecule has 0 bridgehead atoms. The first kappa shape index (κ1) is 29.6. The van der Waals surface area contributed by atoms with Crippen molar-refractivity contribution < 1.29 is 24.2 Å². The number of aliphatic hydroxyl groups is 1. The minimum Gasteiger partial charge on any atom is -0.465 e. The van der Waals surface area contributed by atoms with E-state index in [-0.39, 0.29) is 24.8 Å². The second-order valence-electron chi connectivity index (χ2n) is 10.6. The first-order valence-corrected chi connectivity index (χ1v) is 13.7. The lowest BCUT2D eigenvalue weighted by Crippen LogP contribution is -2.48. The van der Waals surface area contributed by atoms with E-state index in [2.05, 4.69) is 10.2 Å². The van der Waals surface area contributed by atoms with Gasteiger partial charge in [0.15, 0.2) is 0 Å². The molecular weight excluding hydrogens is 485 g/mol. The fraction of sp³-hybridized carbons (Fsp3) is 0.533. The molecule has 0 aromatic heterocycles. The second-order valence-corrected chi connectivity index (χ2v) is 10.6. The van der Waals surface area contributed by atoms with E-state index in [9.17, 15) is 14.7 Å². The molecule has 1 aliphatic heterocycles. The van der Waals surface area contributed by atoms with Crippen LogP contribution in [0.1, 0.15) is 56.6 Å². The highest BCUT2D eigenvalue weighted by atomic mass is 19.1. The van der Waals surface area contributed by atoms with Gasteiger partial charge in [0.2, 0.25) is 5.91 Å². The van der Waals surface area contributed by atoms with Crippen LogP contribution in [0.4, 0.5) is 9.18 Å². The molecule has 38 heavy (non-hydrogen) atoms. The Morgan fingerprint density at radius 2 is 1.95 bits per heavy atom. The Labute approximate surface area is 225 Å². The lowest BCUT2D eigenvalue weighted by molar-refractivity contribution is -0.136. The van der Waals surface area contributed by atoms with Crippen molar-refractivity contribution in [3.05, 3.63) is 59.4 Å². The average Bonchev–Trinajstić information content (AvgIpc) is 2.90. The fourth-order valence-electron chi connectivity index (χ4n) is 5.54. The molecule has 3 rings (SSSR count). The number of hydrogen-bond donors (Lipinski definition) is 3. The van der Waals surface area contributed by atoms with Gasteiger partial charge < -0.3 is 25.3 Å². The second kappa shape index (κ2) is 13.7. The highest BCUT2D eigenvalue weighted by Gasteiger charge is 2.43. The van der Waals surface area contributed by atoms with Gasteiger partial charge >= 0.3 is 6.09 Å². The SMILES string of the molecule is CCc1cccc(-c2c(F)cccc2[C@](O)(CCCNC(=O)O)[C@@H]2CCCN(C(=O)CCCN(C)C)C2)c1. The van der Waals surface area contributed by atoms with Gasteiger partial charge in [-0.25, -0.2) is 9.18 Å². The van der Waals surface area contributed by atoms with Crippen molar-refractivity contribution in [1.29, 1.82) is 0 Å². The van der Waals surface area contributed by atoms with Crippen molar-refractivity contribution in [1.82, 2.24) is 15.1 Å². The number of carbonyl (C=O) groups is 2. The van der Waals surface area contributed by atoms with Crippen LogP contribution in [0.25, 0.3) is 11.1 Å². The lowest BCUT2D eigenvalue weighted by Gasteiger charge is -2.43. The third-order valence-corrected chi connectivity index (χ3v) is 7.56. The van der Waals surface area contributed by atoms with E-state index in [0.29, 0.717) is 49.0 Å². The number of amides is 2. The quantitative estimate of drug-likeness (QED) is 0.343. The largest absolute Gasteiger partial charge is 0.465 e. The van der Waals surface area contributed by atoms with E-state index in [1.54, 1.807) is 12.1 Å². The predicted molar refractivity (Wildman–Crippen MR) is 147 cm³/mol. The zero-order valence-electron chi connectivity index (χ0n) is 22.9. The Morgan fingerprint density at radius 1 is 1.18 bits per heavy atom. The molecule has 1 heterocycles. The minimum absolute atomic E-state index is 0.0709. The number of benzene rings is 2. The Hall–Kier alpha value is -2.97. The molecule has 2 aromatic carbocycles. The number of carboxylic acid groups (broad SMARTS) is 1. The molecule has 2 atom stereocenters. The Bertz CT molecular complexity index is 1090. The maximum atomic E-state index is 15.5. The third kappa shape index (κ3) is 7.54. The van der Waals surface area contributed by atoms with Gasteiger partial charge in [0.25, 0.3) is 0 Å². The van der Waals surface area contributed by atoms with Crippen LogP contribution in [0, 0.1) is 11.7 Å². The summed E-state index contributed by atoms with van der Waals surface area (Å²) in [6.45, 7) is 4.07. The summed E-state index contributed by atoms with van der Waals surface area (Å²) in [5.41, 5.74) is 1.19. The molecule has 2 amide bonds. The van der Waals surface area contributed by atoms with Crippen LogP contribution < -0.4 is 5.32 Å². The number of nitrogens with one attached hydrogen (secondary N) is 1. The molecule has 0 spiro atoms. The van der Waals surface area contributed by atoms with Crippen LogP contribution in [-0.4, -0.2) is 72.3 Å². The Balaban J connectivity index is 1.97. The number of hydrogen-bond acceptors (Lipinski definition) is 4. The Morgan fingerprint density at radius 3 is 2.66 bits per heavy atom. The van der Waals surface area contributed by atoms with Crippen molar-refractivity contribution in [2.75, 3.05) is 40.3 Å². The first-order chi connectivity index (χ1) is 18.2. The number of piperidine rings is 1. The zero-order valence-corrected chi connectivity index (χ0v) is 22.9. The smallest absolute Gasteiger partial charge is 0.404 e. The van der Waals surface area contributed by atoms with E-state index < -0.39 is 17.5 Å². The molecule has 8 heteroatoms. The van der Waals surface area contributed by atoms with E-state index in [4.69, 9.17) is 5.11 Å². The predicted octanol–water partition coefficient (Wildman–Crippen LogP) is 4.87. The Kier molecular flexibility index (Phi) is 10.7. The monoisotopic (exact) mass is 527 g/mol. The first-order valence-electron chi connectivity index (χ1n) is 13.7. The average molecular weight is 528 g/mol. The van der Waals surface area contributed by atoms with Gasteiger partial charge in [-0.2, -0.15) is 0 Å². The number of likely N-dealkylation sites (tertiary alicyclic amines) is 1. The molecule has 0 unspecified atom stereocenters. The third-order valence-electron chi connectivity index (χ3n) is 7.56. The number of halogens is 1. The van der Waals surface area contributed by atoms with Crippen LogP contribution in [-0.2, 0) is 16.8 Å². The van der Waals surface area contributed by atoms with E-state index in [1.165, 1.54) is 6.07 Å². The van der Waals surface area contributed by atoms with E-state index >= 15 is 4.39 Å². The van der Waals surface area contributed by atoms with Gasteiger partial charge in [-0.15, -0.1) is 0 Å². The molecular formula is C30H42FN3O4. The van der Waals surface area contributed by atoms with Crippen molar-refractivity contribution >= 4 is 12.0 Å². The normalized spacial score (nSPS) is 17.3. The van der Waals surface area contributed by atoms with Crippen LogP contribution >= 0.6 is 0 Å².